The lowest BCUT2D eigenvalue weighted by molar-refractivity contribution is 0.332. The summed E-state index contributed by atoms with van der Waals surface area (Å²) in [6, 6.07) is 37.0. The van der Waals surface area contributed by atoms with Crippen LogP contribution in [0.15, 0.2) is 95.4 Å². The van der Waals surface area contributed by atoms with Crippen LogP contribution in [0.25, 0.3) is 33.1 Å². The van der Waals surface area contributed by atoms with Gasteiger partial charge in [-0.15, -0.1) is 0 Å². The quantitative estimate of drug-likeness (QED) is 0.160. The molecule has 0 spiro atoms. The summed E-state index contributed by atoms with van der Waals surface area (Å²) >= 11 is 0. The molecule has 6 aromatic carbocycles. The van der Waals surface area contributed by atoms with Crippen molar-refractivity contribution in [3.8, 4) is 11.1 Å². The van der Waals surface area contributed by atoms with Gasteiger partial charge >= 0.3 is 6.85 Å². The van der Waals surface area contributed by atoms with Crippen LogP contribution in [-0.4, -0.2) is 6.85 Å². The number of hydrogen-bond acceptors (Lipinski definition) is 3. The van der Waals surface area contributed by atoms with Gasteiger partial charge in [0.25, 0.3) is 0 Å². The molecule has 3 aliphatic carbocycles. The average molecular weight is 911 g/mol. The van der Waals surface area contributed by atoms with Crippen molar-refractivity contribution in [3.05, 3.63) is 136 Å². The molecule has 0 N–H and O–H groups in total. The fourth-order valence-corrected chi connectivity index (χ4v) is 14.0. The molecule has 4 heteroatoms. The molecule has 69 heavy (non-hydrogen) atoms. The second kappa shape index (κ2) is 14.7. The predicted octanol–water partition coefficient (Wildman–Crippen LogP) is 17.0. The number of unbranched alkanes of at least 4 members (excludes halogenated alkanes) is 1. The Kier molecular flexibility index (Phi) is 9.56. The predicted molar refractivity (Wildman–Crippen MR) is 297 cm³/mol. The number of hydrogen-bond donors (Lipinski definition) is 0. The Morgan fingerprint density at radius 3 is 1.70 bits per heavy atom. The molecule has 3 nitrogen and oxygen atoms in total. The highest BCUT2D eigenvalue weighted by molar-refractivity contribution is 6.93. The van der Waals surface area contributed by atoms with E-state index in [9.17, 15) is 0 Å². The maximum absolute atomic E-state index is 6.92. The van der Waals surface area contributed by atoms with Gasteiger partial charge < -0.3 is 14.1 Å². The van der Waals surface area contributed by atoms with E-state index in [1.807, 2.05) is 0 Å². The molecule has 12 rings (SSSR count). The molecule has 0 saturated heterocycles. The zero-order valence-corrected chi connectivity index (χ0v) is 44.4. The van der Waals surface area contributed by atoms with E-state index in [2.05, 4.69) is 198 Å². The Morgan fingerprint density at radius 1 is 0.493 bits per heavy atom. The number of nitrogens with zero attached hydrogens (tertiary/aromatic N) is 2. The number of fused-ring (bicyclic) bond motifs is 10. The van der Waals surface area contributed by atoms with E-state index in [0.717, 1.165) is 30.4 Å². The van der Waals surface area contributed by atoms with Gasteiger partial charge in [0, 0.05) is 44.8 Å². The van der Waals surface area contributed by atoms with Gasteiger partial charge in [-0.05, 0) is 206 Å². The highest BCUT2D eigenvalue weighted by Crippen LogP contribution is 2.56. The van der Waals surface area contributed by atoms with Crippen molar-refractivity contribution in [2.24, 2.45) is 0 Å². The fraction of sp³-hybridized carbons (Fsp3) is 0.446. The second-order valence-corrected chi connectivity index (χ2v) is 26.4. The van der Waals surface area contributed by atoms with Crippen molar-refractivity contribution < 1.29 is 4.42 Å². The Morgan fingerprint density at radius 2 is 1.06 bits per heavy atom. The second-order valence-electron chi connectivity index (χ2n) is 26.4. The van der Waals surface area contributed by atoms with E-state index >= 15 is 0 Å². The van der Waals surface area contributed by atoms with Gasteiger partial charge in [-0.3, -0.25) is 0 Å². The number of rotatable bonds is 5. The molecule has 0 amide bonds. The van der Waals surface area contributed by atoms with Crippen LogP contribution in [0.3, 0.4) is 0 Å². The number of para-hydroxylation sites is 1. The van der Waals surface area contributed by atoms with Crippen molar-refractivity contribution in [3.63, 3.8) is 0 Å². The summed E-state index contributed by atoms with van der Waals surface area (Å²) in [7, 11) is 0. The molecule has 0 saturated carbocycles. The summed E-state index contributed by atoms with van der Waals surface area (Å²) in [4.78, 5) is 5.53. The van der Waals surface area contributed by atoms with Gasteiger partial charge in [-0.25, -0.2) is 0 Å². The van der Waals surface area contributed by atoms with Crippen LogP contribution in [0.4, 0.5) is 28.4 Å². The van der Waals surface area contributed by atoms with E-state index in [1.54, 1.807) is 0 Å². The third-order valence-corrected chi connectivity index (χ3v) is 18.9. The molecule has 5 aliphatic rings. The summed E-state index contributed by atoms with van der Waals surface area (Å²) in [6.45, 7) is 34.4. The lowest BCUT2D eigenvalue weighted by Crippen LogP contribution is -2.62. The van der Waals surface area contributed by atoms with E-state index in [4.69, 9.17) is 4.42 Å². The summed E-state index contributed by atoms with van der Waals surface area (Å²) in [5, 5.41) is 2.35. The largest absolute Gasteiger partial charge is 0.456 e. The maximum Gasteiger partial charge on any atom is 0.333 e. The molecular weight excluding hydrogens is 836 g/mol. The lowest BCUT2D eigenvalue weighted by Gasteiger charge is -2.49. The van der Waals surface area contributed by atoms with Gasteiger partial charge in [-0.1, -0.05) is 133 Å². The fourth-order valence-electron chi connectivity index (χ4n) is 14.0. The van der Waals surface area contributed by atoms with Crippen LogP contribution in [0.2, 0.25) is 0 Å². The van der Waals surface area contributed by atoms with Crippen LogP contribution in [0, 0.1) is 6.92 Å². The first-order valence-electron chi connectivity index (χ1n) is 26.7. The molecule has 0 atom stereocenters. The van der Waals surface area contributed by atoms with Crippen LogP contribution in [-0.2, 0) is 38.9 Å². The zero-order chi connectivity index (χ0) is 48.5. The number of aryl methyl sites for hydroxylation is 2. The minimum Gasteiger partial charge on any atom is -0.456 e. The van der Waals surface area contributed by atoms with Gasteiger partial charge in [0.1, 0.15) is 11.2 Å². The molecule has 0 unspecified atom stereocenters. The standard InChI is InChI=1S/C65H75BN2O/c1-15-16-19-40-31-45-43-34-49-51(65(13,14)29-27-63(49,9)10)37-54(43)68(41-22-23-46-48(33-41)62(7,8)25-24-60(46,3)4)66-52-38-58-44(42-20-17-18-21-57(42)69-58)35-55(52)67(56(32-40)59(45)66)53-36-50-47(30-39(53)2)61(5,6)26-28-64(50,11)12/h17-18,20-23,30-38H,15-16,19,24-29H2,1-14H3. The normalized spacial score (nSPS) is 20.5. The Bertz CT molecular complexity index is 3320. The summed E-state index contributed by atoms with van der Waals surface area (Å²) in [6.07, 6.45) is 10.5. The van der Waals surface area contributed by atoms with Crippen molar-refractivity contribution in [1.82, 2.24) is 0 Å². The molecule has 0 fully saturated rings. The summed E-state index contributed by atoms with van der Waals surface area (Å²) < 4.78 is 6.92. The third-order valence-electron chi connectivity index (χ3n) is 18.9. The van der Waals surface area contributed by atoms with Crippen LogP contribution >= 0.6 is 0 Å². The van der Waals surface area contributed by atoms with Crippen LogP contribution in [0.5, 0.6) is 0 Å². The van der Waals surface area contributed by atoms with Crippen LogP contribution < -0.4 is 20.6 Å². The van der Waals surface area contributed by atoms with E-state index in [-0.39, 0.29) is 39.3 Å². The summed E-state index contributed by atoms with van der Waals surface area (Å²) in [5.74, 6) is 0. The van der Waals surface area contributed by atoms with E-state index in [1.165, 1.54) is 144 Å². The summed E-state index contributed by atoms with van der Waals surface area (Å²) in [5.41, 5.74) is 26.1. The molecule has 1 aromatic heterocycles. The Balaban J connectivity index is 1.24. The number of anilines is 5. The minimum atomic E-state index is -0.101. The molecule has 0 radical (unpaired) electrons. The molecule has 3 heterocycles. The molecule has 2 aliphatic heterocycles. The SMILES string of the molecule is CCCCc1cc2c3c(c1)N(c1cc4c(cc1C)C(C)(C)CCC4(C)C)c1cc4c(cc1B3N(c1ccc3c(c1)C(C)(C)CCC3(C)C)c1cc3c(cc1-2)C(C)(C)CCC3(C)C)oc1ccccc14. The number of furan rings is 1. The highest BCUT2D eigenvalue weighted by atomic mass is 16.3. The van der Waals surface area contributed by atoms with Crippen molar-refractivity contribution in [1.29, 1.82) is 0 Å². The van der Waals surface area contributed by atoms with Crippen molar-refractivity contribution in [2.75, 3.05) is 9.71 Å². The first-order chi connectivity index (χ1) is 32.5. The number of benzene rings is 6. The smallest absolute Gasteiger partial charge is 0.333 e. The van der Waals surface area contributed by atoms with E-state index in [0.29, 0.717) is 0 Å². The van der Waals surface area contributed by atoms with Gasteiger partial charge in [0.15, 0.2) is 0 Å². The lowest BCUT2D eigenvalue weighted by atomic mass is 9.43. The monoisotopic (exact) mass is 911 g/mol. The van der Waals surface area contributed by atoms with E-state index < -0.39 is 0 Å². The Labute approximate surface area is 414 Å². The Hall–Kier alpha value is -5.22. The third kappa shape index (κ3) is 6.58. The highest BCUT2D eigenvalue weighted by Gasteiger charge is 2.49. The average Bonchev–Trinajstić information content (AvgIpc) is 3.67. The molecule has 354 valence electrons. The zero-order valence-electron chi connectivity index (χ0n) is 44.4. The first kappa shape index (κ1) is 45.0. The molecular formula is C65H75BN2O. The van der Waals surface area contributed by atoms with Gasteiger partial charge in [0.05, 0.1) is 0 Å². The first-order valence-corrected chi connectivity index (χ1v) is 26.7. The topological polar surface area (TPSA) is 19.6 Å². The molecule has 7 aromatic rings. The van der Waals surface area contributed by atoms with Crippen molar-refractivity contribution in [2.45, 2.75) is 187 Å². The molecule has 0 bridgehead atoms. The van der Waals surface area contributed by atoms with Gasteiger partial charge in [0.2, 0.25) is 0 Å². The maximum atomic E-state index is 6.92. The van der Waals surface area contributed by atoms with Crippen molar-refractivity contribution >= 4 is 68.1 Å². The van der Waals surface area contributed by atoms with Crippen LogP contribution in [0.1, 0.15) is 186 Å². The minimum absolute atomic E-state index is 0.0514. The van der Waals surface area contributed by atoms with Gasteiger partial charge in [-0.2, -0.15) is 0 Å².